The second kappa shape index (κ2) is 11.4. The van der Waals surface area contributed by atoms with Crippen LogP contribution in [0.4, 0.5) is 15.8 Å². The van der Waals surface area contributed by atoms with Crippen LogP contribution in [-0.4, -0.2) is 50.4 Å². The van der Waals surface area contributed by atoms with Crippen LogP contribution >= 0.6 is 23.1 Å². The zero-order valence-corrected chi connectivity index (χ0v) is 20.7. The van der Waals surface area contributed by atoms with Gasteiger partial charge in [0.2, 0.25) is 5.82 Å². The molecule has 0 saturated carbocycles. The van der Waals surface area contributed by atoms with E-state index in [1.807, 2.05) is 4.90 Å². The summed E-state index contributed by atoms with van der Waals surface area (Å²) in [4.78, 5) is 46.4. The number of nitro groups is 1. The molecule has 3 heterocycles. The Morgan fingerprint density at radius 2 is 2.11 bits per heavy atom. The van der Waals surface area contributed by atoms with Gasteiger partial charge in [0, 0.05) is 48.1 Å². The molecular weight excluding hydrogens is 505 g/mol. The van der Waals surface area contributed by atoms with Crippen molar-refractivity contribution in [2.45, 2.75) is 23.8 Å². The molecule has 2 amide bonds. The number of amides is 2. The molecule has 0 spiro atoms. The van der Waals surface area contributed by atoms with Crippen LogP contribution in [0.5, 0.6) is 0 Å². The van der Waals surface area contributed by atoms with E-state index in [-0.39, 0.29) is 23.2 Å². The van der Waals surface area contributed by atoms with E-state index in [1.54, 1.807) is 29.8 Å². The Balaban J connectivity index is 1.37. The van der Waals surface area contributed by atoms with Crippen molar-refractivity contribution in [1.29, 1.82) is 0 Å². The number of hydrogen-bond acceptors (Lipinski definition) is 8. The topological polar surface area (TPSA) is 118 Å². The molecule has 0 radical (unpaired) electrons. The number of benzene rings is 1. The molecule has 3 aromatic rings. The van der Waals surface area contributed by atoms with Crippen molar-refractivity contribution in [3.8, 4) is 0 Å². The van der Waals surface area contributed by atoms with Gasteiger partial charge in [0.1, 0.15) is 10.7 Å². The molecule has 4 rings (SSSR count). The Morgan fingerprint density at radius 1 is 1.33 bits per heavy atom. The van der Waals surface area contributed by atoms with Crippen molar-refractivity contribution in [2.24, 2.45) is 0 Å². The third-order valence-corrected chi connectivity index (χ3v) is 7.63. The van der Waals surface area contributed by atoms with Crippen LogP contribution in [0.1, 0.15) is 44.6 Å². The van der Waals surface area contributed by atoms with Crippen LogP contribution in [0, 0.1) is 15.9 Å². The molecule has 0 unspecified atom stereocenters. The van der Waals surface area contributed by atoms with Crippen molar-refractivity contribution in [3.63, 3.8) is 0 Å². The van der Waals surface area contributed by atoms with Crippen molar-refractivity contribution in [2.75, 3.05) is 24.2 Å². The second-order valence-corrected chi connectivity index (χ2v) is 9.87. The highest BCUT2D eigenvalue weighted by atomic mass is 32.2. The Hall–Kier alpha value is -3.64. The molecule has 2 aromatic heterocycles. The molecule has 9 nitrogen and oxygen atoms in total. The predicted molar refractivity (Wildman–Crippen MR) is 136 cm³/mol. The maximum absolute atomic E-state index is 13.5. The third kappa shape index (κ3) is 5.77. The van der Waals surface area contributed by atoms with Crippen molar-refractivity contribution < 1.29 is 18.9 Å². The predicted octanol–water partition coefficient (Wildman–Crippen LogP) is 5.14. The largest absolute Gasteiger partial charge is 0.339 e. The van der Waals surface area contributed by atoms with Crippen LogP contribution in [0.2, 0.25) is 0 Å². The molecule has 36 heavy (non-hydrogen) atoms. The molecule has 0 bridgehead atoms. The number of rotatable bonds is 8. The lowest BCUT2D eigenvalue weighted by Crippen LogP contribution is -2.38. The van der Waals surface area contributed by atoms with Crippen LogP contribution in [0.15, 0.2) is 59.6 Å². The summed E-state index contributed by atoms with van der Waals surface area (Å²) in [7, 11) is 0. The number of pyridine rings is 1. The van der Waals surface area contributed by atoms with Gasteiger partial charge in [0.05, 0.1) is 15.5 Å². The van der Waals surface area contributed by atoms with Gasteiger partial charge in [-0.25, -0.2) is 9.97 Å². The second-order valence-electron chi connectivity index (χ2n) is 7.97. The first-order valence-electron chi connectivity index (χ1n) is 11.1. The molecule has 186 valence electrons. The Labute approximate surface area is 214 Å². The summed E-state index contributed by atoms with van der Waals surface area (Å²) in [6.07, 6.45) is 4.85. The number of carbonyl (C=O) groups excluding carboxylic acids is 2. The number of thiazole rings is 1. The lowest BCUT2D eigenvalue weighted by atomic mass is 9.97. The van der Waals surface area contributed by atoms with Crippen LogP contribution < -0.4 is 5.32 Å². The highest BCUT2D eigenvalue weighted by Crippen LogP contribution is 2.32. The van der Waals surface area contributed by atoms with Gasteiger partial charge >= 0.3 is 5.69 Å². The molecule has 1 aliphatic heterocycles. The van der Waals surface area contributed by atoms with E-state index < -0.39 is 22.3 Å². The monoisotopic (exact) mass is 527 g/mol. The zero-order valence-electron chi connectivity index (χ0n) is 19.1. The quantitative estimate of drug-likeness (QED) is 0.187. The van der Waals surface area contributed by atoms with Crippen molar-refractivity contribution in [1.82, 2.24) is 14.9 Å². The molecule has 1 N–H and O–H groups in total. The SMILES string of the molecule is C=CCSc1ncccc1C(=O)N1CCC(c2nc(C(=O)Nc3ccc(F)c([N+](=O)[O-])c3)cs2)CC1. The van der Waals surface area contributed by atoms with E-state index in [4.69, 9.17) is 0 Å². The molecule has 1 aromatic carbocycles. The first kappa shape index (κ1) is 25.5. The van der Waals surface area contributed by atoms with Crippen LogP contribution in [-0.2, 0) is 0 Å². The lowest BCUT2D eigenvalue weighted by molar-refractivity contribution is -0.387. The first-order valence-corrected chi connectivity index (χ1v) is 12.9. The number of nitrogens with one attached hydrogen (secondary N) is 1. The third-order valence-electron chi connectivity index (χ3n) is 5.63. The van der Waals surface area contributed by atoms with E-state index in [0.717, 1.165) is 17.1 Å². The van der Waals surface area contributed by atoms with Gasteiger partial charge in [0.15, 0.2) is 0 Å². The lowest BCUT2D eigenvalue weighted by Gasteiger charge is -2.31. The molecule has 1 aliphatic rings. The summed E-state index contributed by atoms with van der Waals surface area (Å²) in [5.41, 5.74) is 0.151. The van der Waals surface area contributed by atoms with Gasteiger partial charge in [-0.15, -0.1) is 29.7 Å². The van der Waals surface area contributed by atoms with Crippen molar-refractivity contribution in [3.05, 3.63) is 86.8 Å². The fraction of sp³-hybridized carbons (Fsp3) is 0.250. The van der Waals surface area contributed by atoms with Gasteiger partial charge < -0.3 is 10.2 Å². The Kier molecular flexibility index (Phi) is 8.06. The van der Waals surface area contributed by atoms with Gasteiger partial charge in [-0.2, -0.15) is 4.39 Å². The summed E-state index contributed by atoms with van der Waals surface area (Å²) in [5.74, 6) is -0.796. The van der Waals surface area contributed by atoms with E-state index in [1.165, 1.54) is 29.2 Å². The van der Waals surface area contributed by atoms with Gasteiger partial charge in [-0.05, 0) is 37.1 Å². The summed E-state index contributed by atoms with van der Waals surface area (Å²) >= 11 is 2.83. The molecular formula is C24H22FN5O4S2. The number of nitro benzene ring substituents is 1. The fourth-order valence-corrected chi connectivity index (χ4v) is 5.50. The Morgan fingerprint density at radius 3 is 2.83 bits per heavy atom. The minimum absolute atomic E-state index is 0.0549. The van der Waals surface area contributed by atoms with E-state index >= 15 is 0 Å². The summed E-state index contributed by atoms with van der Waals surface area (Å²) in [6.45, 7) is 4.83. The highest BCUT2D eigenvalue weighted by Gasteiger charge is 2.28. The number of hydrogen-bond donors (Lipinski definition) is 1. The highest BCUT2D eigenvalue weighted by molar-refractivity contribution is 7.99. The number of aromatic nitrogens is 2. The fourth-order valence-electron chi connectivity index (χ4n) is 3.81. The minimum Gasteiger partial charge on any atom is -0.339 e. The zero-order chi connectivity index (χ0) is 25.7. The van der Waals surface area contributed by atoms with Gasteiger partial charge in [-0.1, -0.05) is 6.08 Å². The number of thioether (sulfide) groups is 1. The normalized spacial score (nSPS) is 13.9. The summed E-state index contributed by atoms with van der Waals surface area (Å²) < 4.78 is 13.5. The number of piperidine rings is 1. The summed E-state index contributed by atoms with van der Waals surface area (Å²) in [5, 5.41) is 16.5. The first-order chi connectivity index (χ1) is 17.4. The maximum atomic E-state index is 13.5. The number of likely N-dealkylation sites (tertiary alicyclic amines) is 1. The molecule has 1 fully saturated rings. The van der Waals surface area contributed by atoms with Crippen LogP contribution in [0.3, 0.4) is 0 Å². The smallest absolute Gasteiger partial charge is 0.306 e. The van der Waals surface area contributed by atoms with E-state index in [2.05, 4.69) is 21.9 Å². The van der Waals surface area contributed by atoms with E-state index in [9.17, 15) is 24.1 Å². The van der Waals surface area contributed by atoms with Gasteiger partial charge in [0.25, 0.3) is 11.8 Å². The molecule has 12 heteroatoms. The average molecular weight is 528 g/mol. The molecule has 0 aliphatic carbocycles. The standard InChI is InChI=1S/C24H22FN5O4S2/c1-2-12-35-23-17(4-3-9-26-23)24(32)29-10-7-15(8-11-29)22-28-19(14-36-22)21(31)27-16-5-6-18(25)20(13-16)30(33)34/h2-6,9,13-15H,1,7-8,10-12H2,(H,27,31). The van der Waals surface area contributed by atoms with Gasteiger partial charge in [-0.3, -0.25) is 19.7 Å². The Bertz CT molecular complexity index is 1310. The number of nitrogens with zero attached hydrogens (tertiary/aromatic N) is 4. The molecule has 0 atom stereocenters. The molecule has 1 saturated heterocycles. The number of halogens is 1. The minimum atomic E-state index is -0.978. The number of anilines is 1. The average Bonchev–Trinajstić information content (AvgIpc) is 3.39. The maximum Gasteiger partial charge on any atom is 0.306 e. The van der Waals surface area contributed by atoms with Crippen molar-refractivity contribution >= 4 is 46.3 Å². The van der Waals surface area contributed by atoms with Crippen LogP contribution in [0.25, 0.3) is 0 Å². The summed E-state index contributed by atoms with van der Waals surface area (Å²) in [6, 6.07) is 6.70. The van der Waals surface area contributed by atoms with E-state index in [0.29, 0.717) is 42.3 Å². The number of carbonyl (C=O) groups is 2.